The van der Waals surface area contributed by atoms with E-state index in [2.05, 4.69) is 31.3 Å². The zero-order chi connectivity index (χ0) is 23.5. The minimum Gasteiger partial charge on any atom is -0.501 e. The second-order valence-electron chi connectivity index (χ2n) is 11.7. The van der Waals surface area contributed by atoms with Crippen LogP contribution in [0.3, 0.4) is 0 Å². The van der Waals surface area contributed by atoms with Crippen LogP contribution in [0.15, 0.2) is 34.1 Å². The number of hydrogen-bond acceptors (Lipinski definition) is 4. The average molecular weight is 462 g/mol. The van der Waals surface area contributed by atoms with E-state index < -0.39 is 14.6 Å². The largest absolute Gasteiger partial charge is 0.501 e. The normalized spacial score (nSPS) is 38.5. The first-order valence-corrected chi connectivity index (χ1v) is 13.5. The molecule has 2 fully saturated rings. The van der Waals surface area contributed by atoms with Crippen LogP contribution in [-0.2, 0) is 19.4 Å². The van der Waals surface area contributed by atoms with Crippen LogP contribution in [-0.4, -0.2) is 26.7 Å². The summed E-state index contributed by atoms with van der Waals surface area (Å²) in [6.07, 6.45) is 12.2. The molecule has 5 nitrogen and oxygen atoms in total. The topological polar surface area (TPSA) is 72.5 Å². The van der Waals surface area contributed by atoms with Crippen LogP contribution in [0, 0.1) is 28.6 Å². The van der Waals surface area contributed by atoms with E-state index in [1.54, 1.807) is 27.9 Å². The van der Waals surface area contributed by atoms with Crippen molar-refractivity contribution in [3.8, 4) is 0 Å². The Labute approximate surface area is 193 Å². The highest BCUT2D eigenvalue weighted by molar-refractivity contribution is 7.96. The van der Waals surface area contributed by atoms with E-state index in [9.17, 15) is 13.2 Å². The number of fused-ring (bicyclic) bond motifs is 5. The van der Waals surface area contributed by atoms with Gasteiger partial charge in [-0.15, -0.1) is 0 Å². The third-order valence-corrected chi connectivity index (χ3v) is 11.8. The van der Waals surface area contributed by atoms with E-state index in [0.29, 0.717) is 24.2 Å². The van der Waals surface area contributed by atoms with E-state index >= 15 is 0 Å². The van der Waals surface area contributed by atoms with E-state index in [1.165, 1.54) is 5.57 Å². The van der Waals surface area contributed by atoms with Gasteiger partial charge in [-0.05, 0) is 105 Å². The van der Waals surface area contributed by atoms with Gasteiger partial charge >= 0.3 is 0 Å². The number of sulfone groups is 1. The molecule has 1 N–H and O–H groups in total. The van der Waals surface area contributed by atoms with Crippen molar-refractivity contribution in [2.75, 3.05) is 7.11 Å². The summed E-state index contributed by atoms with van der Waals surface area (Å²) in [6.45, 7) is 9.81. The number of carbonyl (C=O) groups excluding carboxylic acids is 1. The molecule has 1 amide bonds. The SMILES string of the molecule is COC1=CC2=CC[C@@H]3[C@H](CC[C@]4(C)/C(=C(/NC=O)S(=O)(=O)C(C)(C)C)CC[C@@H]34)[C@@]2(C)CC1. The lowest BCUT2D eigenvalue weighted by Gasteiger charge is -2.56. The Bertz CT molecular complexity index is 999. The zero-order valence-corrected chi connectivity index (χ0v) is 21.3. The highest BCUT2D eigenvalue weighted by Crippen LogP contribution is 2.66. The van der Waals surface area contributed by atoms with Crippen LogP contribution in [0.4, 0.5) is 0 Å². The first-order valence-electron chi connectivity index (χ1n) is 12.0. The van der Waals surface area contributed by atoms with Crippen LogP contribution in [0.1, 0.15) is 79.6 Å². The quantitative estimate of drug-likeness (QED) is 0.580. The van der Waals surface area contributed by atoms with Crippen LogP contribution < -0.4 is 5.32 Å². The van der Waals surface area contributed by atoms with Crippen LogP contribution in [0.25, 0.3) is 0 Å². The van der Waals surface area contributed by atoms with E-state index in [1.807, 2.05) is 0 Å². The molecule has 5 atom stereocenters. The Hall–Kier alpha value is -1.56. The lowest BCUT2D eigenvalue weighted by molar-refractivity contribution is -0.108. The van der Waals surface area contributed by atoms with Crippen molar-refractivity contribution in [1.82, 2.24) is 5.32 Å². The maximum Gasteiger partial charge on any atom is 0.212 e. The molecule has 32 heavy (non-hydrogen) atoms. The Morgan fingerprint density at radius 1 is 1.12 bits per heavy atom. The molecule has 178 valence electrons. The first kappa shape index (κ1) is 23.6. The van der Waals surface area contributed by atoms with Crippen molar-refractivity contribution in [3.05, 3.63) is 34.1 Å². The van der Waals surface area contributed by atoms with Gasteiger partial charge in [0.1, 0.15) is 5.03 Å². The number of methoxy groups -OCH3 is 1. The fraction of sp³-hybridized carbons (Fsp3) is 0.731. The van der Waals surface area contributed by atoms with E-state index in [-0.39, 0.29) is 15.9 Å². The van der Waals surface area contributed by atoms with Gasteiger partial charge in [0.25, 0.3) is 0 Å². The number of nitrogens with one attached hydrogen (secondary N) is 1. The fourth-order valence-corrected chi connectivity index (χ4v) is 8.81. The molecule has 0 spiro atoms. The van der Waals surface area contributed by atoms with E-state index in [4.69, 9.17) is 4.74 Å². The Morgan fingerprint density at radius 3 is 2.44 bits per heavy atom. The molecule has 0 heterocycles. The molecule has 0 unspecified atom stereocenters. The number of hydrogen-bond donors (Lipinski definition) is 1. The molecule has 4 aliphatic carbocycles. The van der Waals surface area contributed by atoms with Crippen molar-refractivity contribution < 1.29 is 17.9 Å². The summed E-state index contributed by atoms with van der Waals surface area (Å²) in [5.74, 6) is 2.68. The molecule has 0 aliphatic heterocycles. The highest BCUT2D eigenvalue weighted by atomic mass is 32.2. The monoisotopic (exact) mass is 461 g/mol. The number of carbonyl (C=O) groups is 1. The Kier molecular flexibility index (Phi) is 5.71. The summed E-state index contributed by atoms with van der Waals surface area (Å²) in [5.41, 5.74) is 2.36. The maximum atomic E-state index is 13.4. The van der Waals surface area contributed by atoms with Gasteiger partial charge in [-0.3, -0.25) is 4.79 Å². The van der Waals surface area contributed by atoms with Crippen molar-refractivity contribution in [1.29, 1.82) is 0 Å². The summed E-state index contributed by atoms with van der Waals surface area (Å²) in [6, 6.07) is 0. The molecule has 0 saturated heterocycles. The molecular formula is C26H39NO4S. The van der Waals surface area contributed by atoms with Gasteiger partial charge in [-0.1, -0.05) is 19.9 Å². The Balaban J connectivity index is 1.75. The second kappa shape index (κ2) is 7.75. The second-order valence-corrected chi connectivity index (χ2v) is 14.3. The molecule has 0 aromatic rings. The van der Waals surface area contributed by atoms with Gasteiger partial charge in [0.2, 0.25) is 6.41 Å². The third kappa shape index (κ3) is 3.31. The summed E-state index contributed by atoms with van der Waals surface area (Å²) >= 11 is 0. The zero-order valence-electron chi connectivity index (χ0n) is 20.5. The van der Waals surface area contributed by atoms with Crippen molar-refractivity contribution >= 4 is 16.2 Å². The standard InChI is InChI=1S/C26H39NO4S/c1-24(2,3)32(29,30)23(27-16-28)22-10-9-20-19-8-7-17-15-18(31-6)11-13-25(17,4)21(19)12-14-26(20,22)5/h7,15-16,19-21H,8-14H2,1-6H3,(H,27,28)/b23-22-/t19-,20-,21-,25-,26-/m0/s1. The maximum absolute atomic E-state index is 13.4. The number of amides is 1. The third-order valence-electron chi connectivity index (χ3n) is 9.32. The molecule has 0 aromatic carbocycles. The van der Waals surface area contributed by atoms with Crippen molar-refractivity contribution in [2.45, 2.75) is 84.3 Å². The smallest absolute Gasteiger partial charge is 0.212 e. The van der Waals surface area contributed by atoms with Gasteiger partial charge in [-0.2, -0.15) is 0 Å². The average Bonchev–Trinajstić information content (AvgIpc) is 3.07. The van der Waals surface area contributed by atoms with Crippen LogP contribution in [0.5, 0.6) is 0 Å². The van der Waals surface area contributed by atoms with Crippen molar-refractivity contribution in [3.63, 3.8) is 0 Å². The van der Waals surface area contributed by atoms with Gasteiger partial charge < -0.3 is 10.1 Å². The minimum absolute atomic E-state index is 0.167. The van der Waals surface area contributed by atoms with Gasteiger partial charge in [-0.25, -0.2) is 8.42 Å². The van der Waals surface area contributed by atoms with Crippen molar-refractivity contribution in [2.24, 2.45) is 28.6 Å². The molecule has 0 aromatic heterocycles. The highest BCUT2D eigenvalue weighted by Gasteiger charge is 2.58. The molecule has 6 heteroatoms. The molecule has 0 bridgehead atoms. The summed E-state index contributed by atoms with van der Waals surface area (Å²) in [4.78, 5) is 11.5. The predicted octanol–water partition coefficient (Wildman–Crippen LogP) is 5.26. The number of ether oxygens (including phenoxy) is 1. The van der Waals surface area contributed by atoms with Crippen LogP contribution in [0.2, 0.25) is 0 Å². The molecule has 0 radical (unpaired) electrons. The van der Waals surface area contributed by atoms with E-state index in [0.717, 1.165) is 56.3 Å². The minimum atomic E-state index is -3.64. The van der Waals surface area contributed by atoms with Gasteiger partial charge in [0, 0.05) is 6.42 Å². The lowest BCUT2D eigenvalue weighted by atomic mass is 9.48. The molecule has 2 saturated carbocycles. The first-order chi connectivity index (χ1) is 14.9. The number of rotatable bonds is 4. The summed E-state index contributed by atoms with van der Waals surface area (Å²) < 4.78 is 31.4. The van der Waals surface area contributed by atoms with Crippen LogP contribution >= 0.6 is 0 Å². The van der Waals surface area contributed by atoms with Gasteiger partial charge in [0.15, 0.2) is 9.84 Å². The Morgan fingerprint density at radius 2 is 1.81 bits per heavy atom. The molecule has 4 aliphatic rings. The molecule has 4 rings (SSSR count). The number of allylic oxidation sites excluding steroid dienone is 5. The lowest BCUT2D eigenvalue weighted by Crippen LogP contribution is -2.48. The fourth-order valence-electron chi connectivity index (χ4n) is 7.33. The summed E-state index contributed by atoms with van der Waals surface area (Å²) in [5, 5.41) is 2.82. The predicted molar refractivity (Wildman–Crippen MR) is 127 cm³/mol. The molecular weight excluding hydrogens is 422 g/mol. The summed E-state index contributed by atoms with van der Waals surface area (Å²) in [7, 11) is -1.88. The van der Waals surface area contributed by atoms with Gasteiger partial charge in [0.05, 0.1) is 17.6 Å².